The van der Waals surface area contributed by atoms with Crippen molar-refractivity contribution in [3.63, 3.8) is 0 Å². The van der Waals surface area contributed by atoms with Gasteiger partial charge in [-0.05, 0) is 47.5 Å². The summed E-state index contributed by atoms with van der Waals surface area (Å²) in [6.07, 6.45) is 39.2. The van der Waals surface area contributed by atoms with Gasteiger partial charge in [-0.15, -0.1) is 0 Å². The molecule has 8 heteroatoms. The molecule has 364 valence electrons. The number of carbonyl (C=O) groups excluding carboxylic acids is 1. The Morgan fingerprint density at radius 1 is 0.525 bits per heavy atom. The Kier molecular flexibility index (Phi) is 32.4. The van der Waals surface area contributed by atoms with Crippen LogP contribution >= 0.6 is 0 Å². The van der Waals surface area contributed by atoms with Crippen molar-refractivity contribution in [2.75, 3.05) is 6.61 Å². The minimum absolute atomic E-state index is 0.0211. The van der Waals surface area contributed by atoms with Gasteiger partial charge in [0.05, 0.1) is 24.4 Å². The second-order valence-electron chi connectivity index (χ2n) is 20.6. The number of ether oxygens (including phenoxy) is 2. The molecule has 0 aliphatic carbocycles. The molecule has 0 aromatic carbocycles. The van der Waals surface area contributed by atoms with Crippen LogP contribution in [0.15, 0.2) is 0 Å². The summed E-state index contributed by atoms with van der Waals surface area (Å²) in [6.45, 7) is 11.9. The number of unbranched alkanes of at least 4 members (excludes halogenated alkanes) is 31. The summed E-state index contributed by atoms with van der Waals surface area (Å²) in [5.74, 6) is -2.46. The van der Waals surface area contributed by atoms with Crippen molar-refractivity contribution in [2.24, 2.45) is 5.92 Å². The van der Waals surface area contributed by atoms with E-state index in [9.17, 15) is 30.3 Å². The van der Waals surface area contributed by atoms with E-state index in [0.717, 1.165) is 38.5 Å². The predicted molar refractivity (Wildman–Crippen MR) is 255 cm³/mol. The third-order valence-corrected chi connectivity index (χ3v) is 14.5. The van der Waals surface area contributed by atoms with Crippen LogP contribution in [0.5, 0.6) is 0 Å². The molecule has 1 aliphatic rings. The second kappa shape index (κ2) is 33.8. The lowest BCUT2D eigenvalue weighted by molar-refractivity contribution is -0.429. The van der Waals surface area contributed by atoms with Crippen LogP contribution in [0.3, 0.4) is 0 Å². The first-order valence-corrected chi connectivity index (χ1v) is 26.4. The molecule has 1 unspecified atom stereocenters. The number of ketones is 1. The SMILES string of the molecule is CCCCCCCCCCCCCCCCCCCCCCCC(=O)C[C@@H](CO[C@]1(C)OC(C)(C)[C@@](C)(O)[C@H](O)C1(C)O)[C@H](O)[C@H](O)CCCCCCCCCCCCCC. The van der Waals surface area contributed by atoms with E-state index in [1.165, 1.54) is 194 Å². The molecular formula is C53H104O8. The molecule has 0 saturated carbocycles. The van der Waals surface area contributed by atoms with E-state index in [1.54, 1.807) is 13.8 Å². The summed E-state index contributed by atoms with van der Waals surface area (Å²) in [5, 5.41) is 56.2. The smallest absolute Gasteiger partial charge is 0.197 e. The number of Topliss-reactive ketones (excluding diaryl/α,β-unsaturated/α-hetero) is 1. The zero-order valence-corrected chi connectivity index (χ0v) is 41.4. The van der Waals surface area contributed by atoms with Crippen LogP contribution in [-0.4, -0.2) is 78.8 Å². The lowest BCUT2D eigenvalue weighted by Crippen LogP contribution is -2.78. The van der Waals surface area contributed by atoms with Crippen molar-refractivity contribution in [3.05, 3.63) is 0 Å². The summed E-state index contributed by atoms with van der Waals surface area (Å²) in [4.78, 5) is 13.4. The summed E-state index contributed by atoms with van der Waals surface area (Å²) in [6, 6.07) is 0. The first-order chi connectivity index (χ1) is 29.1. The molecule has 1 fully saturated rings. The van der Waals surface area contributed by atoms with Crippen molar-refractivity contribution >= 4 is 5.78 Å². The number of aliphatic hydroxyl groups is 5. The predicted octanol–water partition coefficient (Wildman–Crippen LogP) is 13.4. The highest BCUT2D eigenvalue weighted by Gasteiger charge is 2.67. The van der Waals surface area contributed by atoms with Crippen LogP contribution in [0.1, 0.15) is 280 Å². The molecule has 0 spiro atoms. The van der Waals surface area contributed by atoms with Gasteiger partial charge in [-0.25, -0.2) is 0 Å². The summed E-state index contributed by atoms with van der Waals surface area (Å²) >= 11 is 0. The topological polar surface area (TPSA) is 137 Å². The highest BCUT2D eigenvalue weighted by molar-refractivity contribution is 5.78. The Labute approximate surface area is 377 Å². The fraction of sp³-hybridized carbons (Fsp3) is 0.981. The third-order valence-electron chi connectivity index (χ3n) is 14.5. The largest absolute Gasteiger partial charge is 0.390 e. The normalized spacial score (nSPS) is 24.2. The molecule has 0 bridgehead atoms. The molecule has 1 saturated heterocycles. The van der Waals surface area contributed by atoms with Crippen molar-refractivity contribution < 1.29 is 39.8 Å². The standard InChI is InChI=1S/C53H104O8/c1-8-10-12-14-16-18-20-22-23-24-25-26-27-28-29-30-31-33-35-37-39-41-46(54)43-45(44-60-53(7)52(6,59)49(57)51(5,58)50(3,4)61-53)48(56)47(55)42-40-38-36-34-32-21-19-17-15-13-11-9-2/h45,47-49,55-59H,8-44H2,1-7H3/t45-,47+,48-,49-,51-,52?,53+/m0/s1. The lowest BCUT2D eigenvalue weighted by Gasteiger charge is -2.60. The van der Waals surface area contributed by atoms with Crippen LogP contribution in [-0.2, 0) is 14.3 Å². The van der Waals surface area contributed by atoms with Gasteiger partial charge in [0.25, 0.3) is 0 Å². The Morgan fingerprint density at radius 3 is 1.21 bits per heavy atom. The van der Waals surface area contributed by atoms with Gasteiger partial charge < -0.3 is 35.0 Å². The molecule has 61 heavy (non-hydrogen) atoms. The van der Waals surface area contributed by atoms with Gasteiger partial charge in [-0.1, -0.05) is 219 Å². The van der Waals surface area contributed by atoms with Crippen LogP contribution in [0.4, 0.5) is 0 Å². The quantitative estimate of drug-likeness (QED) is 0.0383. The number of carbonyl (C=O) groups is 1. The molecule has 0 radical (unpaired) electrons. The fourth-order valence-corrected chi connectivity index (χ4v) is 9.37. The van der Waals surface area contributed by atoms with E-state index in [0.29, 0.717) is 12.8 Å². The van der Waals surface area contributed by atoms with Gasteiger partial charge in [-0.3, -0.25) is 4.79 Å². The molecule has 0 aromatic rings. The zero-order chi connectivity index (χ0) is 45.5. The first-order valence-electron chi connectivity index (χ1n) is 26.4. The molecule has 0 aromatic heterocycles. The van der Waals surface area contributed by atoms with Gasteiger partial charge >= 0.3 is 0 Å². The maximum absolute atomic E-state index is 13.4. The number of aliphatic hydroxyl groups excluding tert-OH is 3. The highest BCUT2D eigenvalue weighted by Crippen LogP contribution is 2.48. The molecule has 7 atom stereocenters. The molecule has 1 rings (SSSR count). The van der Waals surface area contributed by atoms with E-state index in [-0.39, 0.29) is 18.8 Å². The number of hydrogen-bond donors (Lipinski definition) is 5. The minimum Gasteiger partial charge on any atom is -0.390 e. The van der Waals surface area contributed by atoms with Crippen molar-refractivity contribution in [1.29, 1.82) is 0 Å². The fourth-order valence-electron chi connectivity index (χ4n) is 9.37. The molecule has 1 heterocycles. The van der Waals surface area contributed by atoms with Crippen LogP contribution in [0.25, 0.3) is 0 Å². The Hall–Kier alpha value is -0.610. The van der Waals surface area contributed by atoms with Gasteiger partial charge in [0.2, 0.25) is 0 Å². The Balaban J connectivity index is 2.45. The number of rotatable bonds is 42. The zero-order valence-electron chi connectivity index (χ0n) is 41.4. The van der Waals surface area contributed by atoms with Crippen LogP contribution in [0.2, 0.25) is 0 Å². The van der Waals surface area contributed by atoms with Gasteiger partial charge in [-0.2, -0.15) is 0 Å². The first kappa shape index (κ1) is 58.4. The van der Waals surface area contributed by atoms with Crippen molar-refractivity contribution in [2.45, 2.75) is 321 Å². The lowest BCUT2D eigenvalue weighted by atomic mass is 9.69. The van der Waals surface area contributed by atoms with Gasteiger partial charge in [0, 0.05) is 18.8 Å². The van der Waals surface area contributed by atoms with E-state index in [2.05, 4.69) is 13.8 Å². The monoisotopic (exact) mass is 869 g/mol. The molecule has 5 N–H and O–H groups in total. The summed E-state index contributed by atoms with van der Waals surface area (Å²) in [7, 11) is 0. The van der Waals surface area contributed by atoms with Crippen molar-refractivity contribution in [3.8, 4) is 0 Å². The van der Waals surface area contributed by atoms with E-state index >= 15 is 0 Å². The maximum atomic E-state index is 13.4. The second-order valence-corrected chi connectivity index (χ2v) is 20.6. The molecule has 1 aliphatic heterocycles. The Morgan fingerprint density at radius 2 is 0.852 bits per heavy atom. The molecule has 8 nitrogen and oxygen atoms in total. The average molecular weight is 869 g/mol. The van der Waals surface area contributed by atoms with E-state index in [1.807, 2.05) is 0 Å². The van der Waals surface area contributed by atoms with E-state index in [4.69, 9.17) is 9.47 Å². The van der Waals surface area contributed by atoms with Gasteiger partial charge in [0.15, 0.2) is 5.79 Å². The molecular weight excluding hydrogens is 765 g/mol. The highest BCUT2D eigenvalue weighted by atomic mass is 16.7. The Bertz CT molecular complexity index is 1050. The summed E-state index contributed by atoms with van der Waals surface area (Å²) < 4.78 is 12.4. The van der Waals surface area contributed by atoms with Crippen LogP contribution < -0.4 is 0 Å². The van der Waals surface area contributed by atoms with Crippen LogP contribution in [0, 0.1) is 5.92 Å². The van der Waals surface area contributed by atoms with Gasteiger partial charge in [0.1, 0.15) is 23.1 Å². The van der Waals surface area contributed by atoms with Crippen molar-refractivity contribution in [1.82, 2.24) is 0 Å². The molecule has 0 amide bonds. The summed E-state index contributed by atoms with van der Waals surface area (Å²) in [5.41, 5.74) is -5.07. The minimum atomic E-state index is -2.01. The number of hydrogen-bond acceptors (Lipinski definition) is 8. The average Bonchev–Trinajstić information content (AvgIpc) is 3.21. The third kappa shape index (κ3) is 23.9. The maximum Gasteiger partial charge on any atom is 0.197 e. The van der Waals surface area contributed by atoms with E-state index < -0.39 is 46.8 Å².